The Kier molecular flexibility index (Phi) is 7.09. The minimum absolute atomic E-state index is 0.0620. The number of nitrogens with one attached hydrogen (secondary N) is 1. The van der Waals surface area contributed by atoms with E-state index in [1.54, 1.807) is 0 Å². The molecule has 0 bridgehead atoms. The van der Waals surface area contributed by atoms with Gasteiger partial charge in [0.1, 0.15) is 11.5 Å². The molecule has 1 N–H and O–H groups in total. The molecule has 0 radical (unpaired) electrons. The van der Waals surface area contributed by atoms with E-state index in [1.165, 1.54) is 0 Å². The van der Waals surface area contributed by atoms with Gasteiger partial charge in [-0.2, -0.15) is 0 Å². The molecule has 0 aliphatic heterocycles. The van der Waals surface area contributed by atoms with E-state index in [1.807, 2.05) is 31.2 Å². The summed E-state index contributed by atoms with van der Waals surface area (Å²) in [6.07, 6.45) is 4.39. The first-order valence-electron chi connectivity index (χ1n) is 8.43. The summed E-state index contributed by atoms with van der Waals surface area (Å²) in [4.78, 5) is 12.1. The number of amides is 1. The normalized spacial score (nSPS) is 22.3. The van der Waals surface area contributed by atoms with Gasteiger partial charge in [0.05, 0.1) is 12.4 Å². The van der Waals surface area contributed by atoms with E-state index >= 15 is 0 Å². The Morgan fingerprint density at radius 2 is 1.96 bits per heavy atom. The standard InChI is InChI=1S/C18H27NO3S/c1-3-22-17-7-5-4-6-15(17)12-23(21)13-18(20)19-16-10-8-14(2)9-11-16/h4-7,14,16H,3,8-13H2,1-2H3,(H,19,20)/t14?,16?,23-/m1/s1. The Labute approximate surface area is 141 Å². The first-order valence-corrected chi connectivity index (χ1v) is 9.92. The average molecular weight is 337 g/mol. The summed E-state index contributed by atoms with van der Waals surface area (Å²) in [5, 5.41) is 3.03. The fourth-order valence-electron chi connectivity index (χ4n) is 2.96. The van der Waals surface area contributed by atoms with E-state index in [0.29, 0.717) is 12.4 Å². The Hall–Kier alpha value is -1.36. The van der Waals surface area contributed by atoms with Crippen LogP contribution in [-0.4, -0.2) is 28.5 Å². The lowest BCUT2D eigenvalue weighted by atomic mass is 9.87. The molecule has 1 saturated carbocycles. The van der Waals surface area contributed by atoms with E-state index < -0.39 is 10.8 Å². The maximum atomic E-state index is 12.3. The first-order chi connectivity index (χ1) is 11.1. The summed E-state index contributed by atoms with van der Waals surface area (Å²) in [5.41, 5.74) is 0.895. The minimum atomic E-state index is -1.22. The summed E-state index contributed by atoms with van der Waals surface area (Å²) < 4.78 is 17.8. The predicted octanol–water partition coefficient (Wildman–Crippen LogP) is 3.03. The van der Waals surface area contributed by atoms with Crippen LogP contribution < -0.4 is 10.1 Å². The summed E-state index contributed by atoms with van der Waals surface area (Å²) >= 11 is 0. The molecule has 0 unspecified atom stereocenters. The van der Waals surface area contributed by atoms with E-state index in [9.17, 15) is 9.00 Å². The molecule has 23 heavy (non-hydrogen) atoms. The lowest BCUT2D eigenvalue weighted by Gasteiger charge is -2.26. The zero-order valence-electron chi connectivity index (χ0n) is 14.0. The number of para-hydroxylation sites is 1. The van der Waals surface area contributed by atoms with E-state index in [2.05, 4.69) is 12.2 Å². The highest BCUT2D eigenvalue weighted by Crippen LogP contribution is 2.23. The van der Waals surface area contributed by atoms with Gasteiger partial charge in [-0.15, -0.1) is 0 Å². The van der Waals surface area contributed by atoms with Crippen LogP contribution in [0.15, 0.2) is 24.3 Å². The van der Waals surface area contributed by atoms with Crippen LogP contribution in [0, 0.1) is 5.92 Å². The lowest BCUT2D eigenvalue weighted by molar-refractivity contribution is -0.119. The Bertz CT molecular complexity index is 539. The summed E-state index contributed by atoms with van der Waals surface area (Å²) in [5.74, 6) is 1.83. The molecule has 1 fully saturated rings. The monoisotopic (exact) mass is 337 g/mol. The largest absolute Gasteiger partial charge is 0.494 e. The van der Waals surface area contributed by atoms with Crippen molar-refractivity contribution in [2.24, 2.45) is 5.92 Å². The smallest absolute Gasteiger partial charge is 0.232 e. The molecule has 5 heteroatoms. The maximum absolute atomic E-state index is 12.3. The quantitative estimate of drug-likeness (QED) is 0.832. The van der Waals surface area contributed by atoms with Crippen molar-refractivity contribution in [3.8, 4) is 5.75 Å². The van der Waals surface area contributed by atoms with Crippen LogP contribution in [0.5, 0.6) is 5.75 Å². The van der Waals surface area contributed by atoms with Gasteiger partial charge in [0, 0.05) is 22.4 Å². The van der Waals surface area contributed by atoms with Gasteiger partial charge in [-0.25, -0.2) is 0 Å². The lowest BCUT2D eigenvalue weighted by Crippen LogP contribution is -2.39. The summed E-state index contributed by atoms with van der Waals surface area (Å²) in [6.45, 7) is 4.75. The van der Waals surface area contributed by atoms with Gasteiger partial charge in [0.2, 0.25) is 5.91 Å². The van der Waals surface area contributed by atoms with E-state index in [4.69, 9.17) is 4.74 Å². The van der Waals surface area contributed by atoms with Crippen molar-refractivity contribution >= 4 is 16.7 Å². The van der Waals surface area contributed by atoms with Crippen LogP contribution in [0.25, 0.3) is 0 Å². The van der Waals surface area contributed by atoms with Gasteiger partial charge < -0.3 is 10.1 Å². The second kappa shape index (κ2) is 9.06. The summed E-state index contributed by atoms with van der Waals surface area (Å²) in [7, 11) is -1.22. The SMILES string of the molecule is CCOc1ccccc1C[S@@](=O)CC(=O)NC1CCC(C)CC1. The van der Waals surface area contributed by atoms with Crippen LogP contribution in [0.2, 0.25) is 0 Å². The van der Waals surface area contributed by atoms with Crippen LogP contribution in [0.3, 0.4) is 0 Å². The summed E-state index contributed by atoms with van der Waals surface area (Å²) in [6, 6.07) is 7.83. The molecule has 128 valence electrons. The molecule has 0 saturated heterocycles. The van der Waals surface area contributed by atoms with Crippen LogP contribution >= 0.6 is 0 Å². The third-order valence-corrected chi connectivity index (χ3v) is 5.48. The van der Waals surface area contributed by atoms with Gasteiger partial charge in [-0.1, -0.05) is 25.1 Å². The van der Waals surface area contributed by atoms with Gasteiger partial charge in [0.15, 0.2) is 0 Å². The molecule has 4 nitrogen and oxygen atoms in total. The van der Waals surface area contributed by atoms with Crippen molar-refractivity contribution in [2.75, 3.05) is 12.4 Å². The fraction of sp³-hybridized carbons (Fsp3) is 0.611. The minimum Gasteiger partial charge on any atom is -0.494 e. The molecule has 1 aromatic rings. The third-order valence-electron chi connectivity index (χ3n) is 4.26. The molecule has 1 amide bonds. The van der Waals surface area contributed by atoms with Crippen molar-refractivity contribution in [1.82, 2.24) is 5.32 Å². The van der Waals surface area contributed by atoms with E-state index in [0.717, 1.165) is 42.9 Å². The zero-order valence-corrected chi connectivity index (χ0v) is 14.9. The maximum Gasteiger partial charge on any atom is 0.232 e. The Morgan fingerprint density at radius 1 is 1.26 bits per heavy atom. The molecule has 1 aromatic carbocycles. The van der Waals surface area contributed by atoms with Gasteiger partial charge in [0.25, 0.3) is 0 Å². The van der Waals surface area contributed by atoms with Crippen molar-refractivity contribution < 1.29 is 13.7 Å². The Morgan fingerprint density at radius 3 is 2.65 bits per heavy atom. The number of ether oxygens (including phenoxy) is 1. The fourth-order valence-corrected chi connectivity index (χ4v) is 4.03. The zero-order chi connectivity index (χ0) is 16.7. The van der Waals surface area contributed by atoms with Gasteiger partial charge in [-0.05, 0) is 44.6 Å². The second-order valence-electron chi connectivity index (χ2n) is 6.29. The van der Waals surface area contributed by atoms with Crippen molar-refractivity contribution in [2.45, 2.75) is 51.3 Å². The molecule has 0 spiro atoms. The number of hydrogen-bond acceptors (Lipinski definition) is 3. The van der Waals surface area contributed by atoms with Crippen molar-refractivity contribution in [3.63, 3.8) is 0 Å². The van der Waals surface area contributed by atoms with Gasteiger partial charge in [-0.3, -0.25) is 9.00 Å². The first kappa shape index (κ1) is 18.0. The highest BCUT2D eigenvalue weighted by Gasteiger charge is 2.20. The topological polar surface area (TPSA) is 55.4 Å². The second-order valence-corrected chi connectivity index (χ2v) is 7.75. The number of carbonyl (C=O) groups excluding carboxylic acids is 1. The highest BCUT2D eigenvalue weighted by atomic mass is 32.2. The number of carbonyl (C=O) groups is 1. The van der Waals surface area contributed by atoms with Crippen LogP contribution in [0.4, 0.5) is 0 Å². The molecule has 1 atom stereocenters. The molecule has 0 heterocycles. The van der Waals surface area contributed by atoms with Crippen LogP contribution in [0.1, 0.15) is 45.1 Å². The molecule has 2 rings (SSSR count). The third kappa shape index (κ3) is 5.98. The molecule has 0 aromatic heterocycles. The number of rotatable bonds is 7. The van der Waals surface area contributed by atoms with Gasteiger partial charge >= 0.3 is 0 Å². The van der Waals surface area contributed by atoms with Crippen molar-refractivity contribution in [3.05, 3.63) is 29.8 Å². The highest BCUT2D eigenvalue weighted by molar-refractivity contribution is 7.84. The van der Waals surface area contributed by atoms with Crippen molar-refractivity contribution in [1.29, 1.82) is 0 Å². The molecule has 1 aliphatic carbocycles. The Balaban J connectivity index is 1.81. The molecule has 1 aliphatic rings. The average Bonchev–Trinajstić information content (AvgIpc) is 2.51. The predicted molar refractivity (Wildman–Crippen MR) is 93.9 cm³/mol. The van der Waals surface area contributed by atoms with E-state index in [-0.39, 0.29) is 17.7 Å². The number of hydrogen-bond donors (Lipinski definition) is 1. The van der Waals surface area contributed by atoms with Crippen LogP contribution in [-0.2, 0) is 21.3 Å². The molecular weight excluding hydrogens is 310 g/mol. The molecular formula is C18H27NO3S. The number of benzene rings is 1.